The molecule has 2 rings (SSSR count). The number of phenols is 1. The van der Waals surface area contributed by atoms with Gasteiger partial charge in [0.05, 0.1) is 9.92 Å². The molecule has 2 aromatic rings. The minimum atomic E-state index is -3.89. The number of nitrogens with two attached hydrogens (primary N) is 1. The number of aromatic hydroxyl groups is 1. The summed E-state index contributed by atoms with van der Waals surface area (Å²) in [6.07, 6.45) is 0. The van der Waals surface area contributed by atoms with E-state index in [-0.39, 0.29) is 26.2 Å². The number of carbonyl (C=O) groups excluding carboxylic acids is 1. The van der Waals surface area contributed by atoms with Gasteiger partial charge in [-0.1, -0.05) is 29.3 Å². The van der Waals surface area contributed by atoms with Gasteiger partial charge >= 0.3 is 0 Å². The Morgan fingerprint density at radius 2 is 1.86 bits per heavy atom. The second kappa shape index (κ2) is 6.13. The van der Waals surface area contributed by atoms with Gasteiger partial charge in [0.1, 0.15) is 11.3 Å². The van der Waals surface area contributed by atoms with Crippen molar-refractivity contribution in [1.29, 1.82) is 0 Å². The van der Waals surface area contributed by atoms with Crippen LogP contribution in [0.3, 0.4) is 0 Å². The molecule has 0 saturated heterocycles. The normalized spacial score (nSPS) is 11.2. The zero-order valence-corrected chi connectivity index (χ0v) is 13.2. The molecule has 6 nitrogen and oxygen atoms in total. The van der Waals surface area contributed by atoms with Crippen molar-refractivity contribution in [2.75, 3.05) is 5.32 Å². The van der Waals surface area contributed by atoms with E-state index in [0.29, 0.717) is 0 Å². The first-order valence-electron chi connectivity index (χ1n) is 5.80. The number of phenolic OH excluding ortho intramolecular Hbond substituents is 1. The van der Waals surface area contributed by atoms with Crippen LogP contribution in [-0.2, 0) is 10.0 Å². The lowest BCUT2D eigenvalue weighted by Crippen LogP contribution is -2.15. The third-order valence-electron chi connectivity index (χ3n) is 2.68. The summed E-state index contributed by atoms with van der Waals surface area (Å²) in [6, 6.07) is 7.83. The van der Waals surface area contributed by atoms with Crippen LogP contribution in [0.25, 0.3) is 0 Å². The Morgan fingerprint density at radius 1 is 1.18 bits per heavy atom. The SMILES string of the molecule is NS(=O)(=O)c1cccc(NC(=O)c2c(O)cc(Cl)cc2Cl)c1. The van der Waals surface area contributed by atoms with Gasteiger partial charge in [0.2, 0.25) is 10.0 Å². The second-order valence-corrected chi connectivity index (χ2v) is 6.71. The van der Waals surface area contributed by atoms with E-state index in [1.165, 1.54) is 36.4 Å². The molecular formula is C13H10Cl2N2O4S. The van der Waals surface area contributed by atoms with Crippen molar-refractivity contribution >= 4 is 44.8 Å². The molecule has 22 heavy (non-hydrogen) atoms. The molecule has 1 amide bonds. The van der Waals surface area contributed by atoms with Gasteiger partial charge in [-0.15, -0.1) is 0 Å². The molecule has 9 heteroatoms. The Bertz CT molecular complexity index is 830. The van der Waals surface area contributed by atoms with Crippen LogP contribution in [0.1, 0.15) is 10.4 Å². The monoisotopic (exact) mass is 360 g/mol. The molecule has 0 heterocycles. The maximum atomic E-state index is 12.1. The fourth-order valence-electron chi connectivity index (χ4n) is 1.73. The summed E-state index contributed by atoms with van der Waals surface area (Å²) >= 11 is 11.6. The summed E-state index contributed by atoms with van der Waals surface area (Å²) in [4.78, 5) is 12.0. The second-order valence-electron chi connectivity index (χ2n) is 4.31. The van der Waals surface area contributed by atoms with E-state index < -0.39 is 21.7 Å². The van der Waals surface area contributed by atoms with E-state index in [0.717, 1.165) is 0 Å². The number of nitrogens with one attached hydrogen (secondary N) is 1. The molecule has 0 aromatic heterocycles. The first-order valence-corrected chi connectivity index (χ1v) is 8.11. The fourth-order valence-corrected chi connectivity index (χ4v) is 2.86. The summed E-state index contributed by atoms with van der Waals surface area (Å²) in [5.41, 5.74) is 0.00835. The molecule has 0 fully saturated rings. The van der Waals surface area contributed by atoms with Crippen LogP contribution in [0.4, 0.5) is 5.69 Å². The molecule has 4 N–H and O–H groups in total. The molecule has 0 bridgehead atoms. The average molecular weight is 361 g/mol. The van der Waals surface area contributed by atoms with Crippen molar-refractivity contribution in [3.05, 3.63) is 52.0 Å². The zero-order chi connectivity index (χ0) is 16.5. The highest BCUT2D eigenvalue weighted by Crippen LogP contribution is 2.30. The van der Waals surface area contributed by atoms with Gasteiger partial charge in [-0.25, -0.2) is 13.6 Å². The number of carbonyl (C=O) groups is 1. The number of hydrogen-bond donors (Lipinski definition) is 3. The first-order chi connectivity index (χ1) is 10.2. The minimum Gasteiger partial charge on any atom is -0.507 e. The van der Waals surface area contributed by atoms with Gasteiger partial charge in [-0.3, -0.25) is 4.79 Å². The molecule has 0 aliphatic rings. The molecule has 0 unspecified atom stereocenters. The minimum absolute atomic E-state index is 0.0369. The highest BCUT2D eigenvalue weighted by Gasteiger charge is 2.17. The maximum Gasteiger partial charge on any atom is 0.260 e. The largest absolute Gasteiger partial charge is 0.507 e. The summed E-state index contributed by atoms with van der Waals surface area (Å²) in [7, 11) is -3.89. The van der Waals surface area contributed by atoms with Crippen molar-refractivity contribution in [3.63, 3.8) is 0 Å². The quantitative estimate of drug-likeness (QED) is 0.781. The lowest BCUT2D eigenvalue weighted by atomic mass is 10.2. The lowest BCUT2D eigenvalue weighted by molar-refractivity contribution is 0.102. The summed E-state index contributed by atoms with van der Waals surface area (Å²) in [5.74, 6) is -1.11. The van der Waals surface area contributed by atoms with E-state index in [1.54, 1.807) is 0 Å². The maximum absolute atomic E-state index is 12.1. The fraction of sp³-hybridized carbons (Fsp3) is 0. The van der Waals surface area contributed by atoms with E-state index >= 15 is 0 Å². The molecule has 0 atom stereocenters. The Hall–Kier alpha value is -1.80. The number of rotatable bonds is 3. The summed E-state index contributed by atoms with van der Waals surface area (Å²) in [5, 5.41) is 17.3. The van der Waals surface area contributed by atoms with Crippen LogP contribution >= 0.6 is 23.2 Å². The third kappa shape index (κ3) is 3.69. The number of anilines is 1. The average Bonchev–Trinajstić information content (AvgIpc) is 2.36. The van der Waals surface area contributed by atoms with Crippen molar-refractivity contribution in [1.82, 2.24) is 0 Å². The van der Waals surface area contributed by atoms with Gasteiger partial charge in [-0.05, 0) is 30.3 Å². The smallest absolute Gasteiger partial charge is 0.260 e. The predicted octanol–water partition coefficient (Wildman–Crippen LogP) is 2.60. The van der Waals surface area contributed by atoms with Crippen molar-refractivity contribution < 1.29 is 18.3 Å². The standard InChI is InChI=1S/C13H10Cl2N2O4S/c14-7-4-10(15)12(11(18)5-7)13(19)17-8-2-1-3-9(6-8)22(16,20)21/h1-6,18H,(H,17,19)(H2,16,20,21). The van der Waals surface area contributed by atoms with Crippen LogP contribution in [0.5, 0.6) is 5.75 Å². The molecule has 0 aliphatic heterocycles. The van der Waals surface area contributed by atoms with Crippen LogP contribution in [0.2, 0.25) is 10.0 Å². The molecule has 2 aromatic carbocycles. The number of sulfonamides is 1. The van der Waals surface area contributed by atoms with Crippen LogP contribution in [0.15, 0.2) is 41.3 Å². The summed E-state index contributed by atoms with van der Waals surface area (Å²) < 4.78 is 22.6. The van der Waals surface area contributed by atoms with Gasteiger partial charge in [0.15, 0.2) is 0 Å². The van der Waals surface area contributed by atoms with E-state index in [1.807, 2.05) is 0 Å². The number of halogens is 2. The van der Waals surface area contributed by atoms with Crippen molar-refractivity contribution in [2.45, 2.75) is 4.90 Å². The van der Waals surface area contributed by atoms with Crippen LogP contribution in [-0.4, -0.2) is 19.4 Å². The van der Waals surface area contributed by atoms with E-state index in [4.69, 9.17) is 28.3 Å². The van der Waals surface area contributed by atoms with E-state index in [2.05, 4.69) is 5.32 Å². The van der Waals surface area contributed by atoms with Gasteiger partial charge in [0, 0.05) is 10.7 Å². The Balaban J connectivity index is 2.34. The van der Waals surface area contributed by atoms with Gasteiger partial charge in [0.25, 0.3) is 5.91 Å². The zero-order valence-electron chi connectivity index (χ0n) is 10.9. The Labute approximate surface area is 136 Å². The molecule has 116 valence electrons. The van der Waals surface area contributed by atoms with Crippen molar-refractivity contribution in [3.8, 4) is 5.75 Å². The summed E-state index contributed by atoms with van der Waals surface area (Å²) in [6.45, 7) is 0. The topological polar surface area (TPSA) is 109 Å². The molecule has 0 saturated carbocycles. The molecule has 0 spiro atoms. The number of amides is 1. The van der Waals surface area contributed by atoms with Gasteiger partial charge in [-0.2, -0.15) is 0 Å². The number of primary sulfonamides is 1. The molecular weight excluding hydrogens is 351 g/mol. The van der Waals surface area contributed by atoms with Crippen LogP contribution < -0.4 is 10.5 Å². The van der Waals surface area contributed by atoms with Crippen molar-refractivity contribution in [2.24, 2.45) is 5.14 Å². The highest BCUT2D eigenvalue weighted by molar-refractivity contribution is 7.89. The molecule has 0 radical (unpaired) electrons. The predicted molar refractivity (Wildman–Crippen MR) is 83.9 cm³/mol. The highest BCUT2D eigenvalue weighted by atomic mass is 35.5. The third-order valence-corrected chi connectivity index (χ3v) is 4.11. The first kappa shape index (κ1) is 16.6. The number of hydrogen-bond acceptors (Lipinski definition) is 4. The number of benzene rings is 2. The van der Waals surface area contributed by atoms with E-state index in [9.17, 15) is 18.3 Å². The Kier molecular flexibility index (Phi) is 4.62. The Morgan fingerprint density at radius 3 is 2.45 bits per heavy atom. The van der Waals surface area contributed by atoms with Crippen LogP contribution in [0, 0.1) is 0 Å². The van der Waals surface area contributed by atoms with Gasteiger partial charge < -0.3 is 10.4 Å². The molecule has 0 aliphatic carbocycles. The lowest BCUT2D eigenvalue weighted by Gasteiger charge is -2.10.